The summed E-state index contributed by atoms with van der Waals surface area (Å²) >= 11 is 0. The van der Waals surface area contributed by atoms with Crippen LogP contribution in [-0.4, -0.2) is 16.7 Å². The molecule has 0 aromatic rings. The zero-order valence-electron chi connectivity index (χ0n) is 35.0. The van der Waals surface area contributed by atoms with Gasteiger partial charge in [0, 0.05) is 0 Å². The molecule has 1 N–H and O–H groups in total. The van der Waals surface area contributed by atoms with Crippen molar-refractivity contribution < 1.29 is 14.0 Å². The predicted molar refractivity (Wildman–Crippen MR) is 223 cm³/mol. The molecule has 0 aromatic carbocycles. The highest BCUT2D eigenvalue weighted by molar-refractivity contribution is 7.53. The van der Waals surface area contributed by atoms with Gasteiger partial charge in [0.1, 0.15) is 0 Å². The maximum absolute atomic E-state index is 14.1. The van der Waals surface area contributed by atoms with Gasteiger partial charge in [-0.1, -0.05) is 144 Å². The third-order valence-corrected chi connectivity index (χ3v) is 16.8. The van der Waals surface area contributed by atoms with Crippen LogP contribution in [0.4, 0.5) is 0 Å². The molecule has 2 unspecified atom stereocenters. The van der Waals surface area contributed by atoms with E-state index in [9.17, 15) is 9.46 Å². The van der Waals surface area contributed by atoms with Crippen LogP contribution in [0.15, 0.2) is 94.2 Å². The molecule has 0 spiro atoms. The van der Waals surface area contributed by atoms with Gasteiger partial charge in [-0.05, 0) is 143 Å². The summed E-state index contributed by atoms with van der Waals surface area (Å²) in [6.07, 6.45) is 31.7. The number of hydrogen-bond donors (Lipinski definition) is 1. The molecule has 3 nitrogen and oxygen atoms in total. The van der Waals surface area contributed by atoms with Gasteiger partial charge in [-0.3, -0.25) is 4.57 Å². The highest BCUT2D eigenvalue weighted by Crippen LogP contribution is 2.67. The summed E-state index contributed by atoms with van der Waals surface area (Å²) in [5, 5.41) is 0. The lowest BCUT2D eigenvalue weighted by molar-refractivity contribution is 0.0403. The van der Waals surface area contributed by atoms with E-state index in [1.54, 1.807) is 5.57 Å². The van der Waals surface area contributed by atoms with Gasteiger partial charge in [0.05, 0.1) is 11.8 Å². The average Bonchev–Trinajstić information content (AvgIpc) is 3.43. The monoisotopic (exact) mass is 729 g/mol. The molecule has 0 bridgehead atoms. The standard InChI is InChI=1S/C48H73O3P/c1-13-33(4)15-14-16-34(5)17-22-42-37(8)29-40(31-46(42,9)10)52(49,50)51-39-25-27-47(11)38(30-39)20-21-41-44-24-23-43(48(44,12)28-26-45(41)47)36(7)19-18-35(6)32(2)3/h13-22,32,35-36,39-40,43-45H,23-31H2,1-12H3,(H,49,50)/t35-,36+,39-,40?,43+,44-,45-,47-,48+/m0/s1. The summed E-state index contributed by atoms with van der Waals surface area (Å²) in [4.78, 5) is 11.6. The Morgan fingerprint density at radius 1 is 0.923 bits per heavy atom. The first-order valence-electron chi connectivity index (χ1n) is 20.8. The van der Waals surface area contributed by atoms with Crippen LogP contribution in [0.5, 0.6) is 0 Å². The maximum Gasteiger partial charge on any atom is 0.331 e. The summed E-state index contributed by atoms with van der Waals surface area (Å²) in [5.41, 5.74) is 7.96. The zero-order chi connectivity index (χ0) is 38.2. The summed E-state index contributed by atoms with van der Waals surface area (Å²) in [7, 11) is -3.83. The summed E-state index contributed by atoms with van der Waals surface area (Å²) < 4.78 is 20.5. The van der Waals surface area contributed by atoms with Gasteiger partial charge in [0.25, 0.3) is 0 Å². The van der Waals surface area contributed by atoms with Gasteiger partial charge in [-0.15, -0.1) is 0 Å². The topological polar surface area (TPSA) is 46.5 Å². The molecule has 10 atom stereocenters. The molecule has 4 heteroatoms. The van der Waals surface area contributed by atoms with Gasteiger partial charge in [-0.2, -0.15) is 0 Å². The van der Waals surface area contributed by atoms with Crippen LogP contribution in [0, 0.1) is 51.8 Å². The molecule has 0 saturated heterocycles. The lowest BCUT2D eigenvalue weighted by Gasteiger charge is -2.55. The minimum Gasteiger partial charge on any atom is -0.324 e. The molecule has 5 aliphatic carbocycles. The van der Waals surface area contributed by atoms with E-state index in [1.807, 2.05) is 0 Å². The van der Waals surface area contributed by atoms with Crippen molar-refractivity contribution in [1.82, 2.24) is 0 Å². The second-order valence-electron chi connectivity index (χ2n) is 19.3. The number of hydrogen-bond acceptors (Lipinski definition) is 2. The van der Waals surface area contributed by atoms with E-state index in [4.69, 9.17) is 4.52 Å². The van der Waals surface area contributed by atoms with E-state index in [1.165, 1.54) is 53.5 Å². The quantitative estimate of drug-likeness (QED) is 0.131. The van der Waals surface area contributed by atoms with E-state index in [0.717, 1.165) is 25.2 Å². The molecule has 0 aliphatic heterocycles. The van der Waals surface area contributed by atoms with Crippen molar-refractivity contribution in [2.75, 3.05) is 0 Å². The maximum atomic E-state index is 14.1. The van der Waals surface area contributed by atoms with Crippen LogP contribution in [0.3, 0.4) is 0 Å². The van der Waals surface area contributed by atoms with Crippen LogP contribution in [0.2, 0.25) is 0 Å². The van der Waals surface area contributed by atoms with Crippen LogP contribution in [-0.2, 0) is 9.09 Å². The number of rotatable bonds is 11. The highest BCUT2D eigenvalue weighted by atomic mass is 31.2. The minimum absolute atomic E-state index is 0.127. The lowest BCUT2D eigenvalue weighted by Crippen LogP contribution is -2.46. The summed E-state index contributed by atoms with van der Waals surface area (Å²) in [6.45, 7) is 27.4. The fourth-order valence-electron chi connectivity index (χ4n) is 11.1. The van der Waals surface area contributed by atoms with Gasteiger partial charge < -0.3 is 9.42 Å². The van der Waals surface area contributed by atoms with Crippen molar-refractivity contribution in [3.8, 4) is 0 Å². The Morgan fingerprint density at radius 3 is 2.33 bits per heavy atom. The van der Waals surface area contributed by atoms with E-state index in [0.29, 0.717) is 47.8 Å². The first kappa shape index (κ1) is 41.2. The lowest BCUT2D eigenvalue weighted by atomic mass is 9.50. The average molecular weight is 729 g/mol. The molecule has 0 radical (unpaired) electrons. The highest BCUT2D eigenvalue weighted by Gasteiger charge is 2.57. The molecular weight excluding hydrogens is 655 g/mol. The van der Waals surface area contributed by atoms with Gasteiger partial charge in [-0.25, -0.2) is 0 Å². The summed E-state index contributed by atoms with van der Waals surface area (Å²) in [6, 6.07) is 0. The summed E-state index contributed by atoms with van der Waals surface area (Å²) in [5.74, 6) is 3.93. The molecule has 0 aromatic heterocycles. The van der Waals surface area contributed by atoms with Crippen molar-refractivity contribution in [1.29, 1.82) is 0 Å². The van der Waals surface area contributed by atoms with Gasteiger partial charge in [0.15, 0.2) is 0 Å². The molecule has 3 saturated carbocycles. The third-order valence-electron chi connectivity index (χ3n) is 14.9. The van der Waals surface area contributed by atoms with Crippen molar-refractivity contribution in [3.63, 3.8) is 0 Å². The van der Waals surface area contributed by atoms with Crippen LogP contribution in [0.1, 0.15) is 141 Å². The van der Waals surface area contributed by atoms with Gasteiger partial charge >= 0.3 is 7.60 Å². The van der Waals surface area contributed by atoms with Crippen molar-refractivity contribution in [2.24, 2.45) is 51.8 Å². The molecule has 52 heavy (non-hydrogen) atoms. The Bertz CT molecular complexity index is 1630. The fraction of sp³-hybridized carbons (Fsp3) is 0.667. The first-order chi connectivity index (χ1) is 24.3. The minimum atomic E-state index is -3.83. The Labute approximate surface area is 319 Å². The second-order valence-corrected chi connectivity index (χ2v) is 21.3. The molecule has 288 valence electrons. The Morgan fingerprint density at radius 2 is 1.65 bits per heavy atom. The SMILES string of the molecule is CC=C(C)C=CC=C(C)C=CC1=C(C)CC(P(=O)(O)O[C@H]2CC[C@@]3(C)C(=CC=C4[C@@H]5CC[C@H]([C@H](C)C=C[C@H](C)C(C)C)[C@@]5(C)CC[C@@H]43)C2)CC1(C)C. The van der Waals surface area contributed by atoms with Gasteiger partial charge in [0.2, 0.25) is 0 Å². The predicted octanol–water partition coefficient (Wildman–Crippen LogP) is 14.1. The number of fused-ring (bicyclic) bond motifs is 5. The molecule has 3 fully saturated rings. The zero-order valence-corrected chi connectivity index (χ0v) is 35.9. The van der Waals surface area contributed by atoms with Crippen molar-refractivity contribution >= 4 is 7.60 Å². The molecule has 5 rings (SSSR count). The molecular formula is C48H73O3P. The third kappa shape index (κ3) is 8.48. The van der Waals surface area contributed by atoms with Crippen LogP contribution in [0.25, 0.3) is 0 Å². The van der Waals surface area contributed by atoms with Crippen LogP contribution < -0.4 is 0 Å². The molecule has 0 amide bonds. The van der Waals surface area contributed by atoms with E-state index >= 15 is 0 Å². The van der Waals surface area contributed by atoms with Crippen molar-refractivity contribution in [3.05, 3.63) is 94.2 Å². The number of allylic oxidation sites excluding steroid dienone is 15. The van der Waals surface area contributed by atoms with E-state index in [-0.39, 0.29) is 22.6 Å². The smallest absolute Gasteiger partial charge is 0.324 e. The second kappa shape index (κ2) is 16.0. The van der Waals surface area contributed by atoms with Crippen molar-refractivity contribution in [2.45, 2.75) is 153 Å². The fourth-order valence-corrected chi connectivity index (χ4v) is 13.1. The molecule has 0 heterocycles. The molecule has 5 aliphatic rings. The Hall–Kier alpha value is -1.93. The van der Waals surface area contributed by atoms with E-state index in [2.05, 4.69) is 144 Å². The Kier molecular flexibility index (Phi) is 12.7. The normalized spacial score (nSPS) is 36.5. The first-order valence-corrected chi connectivity index (χ1v) is 22.4. The van der Waals surface area contributed by atoms with Crippen LogP contribution >= 0.6 is 7.60 Å². The van der Waals surface area contributed by atoms with E-state index < -0.39 is 7.60 Å². The Balaban J connectivity index is 1.26. The largest absolute Gasteiger partial charge is 0.331 e.